The summed E-state index contributed by atoms with van der Waals surface area (Å²) in [5.41, 5.74) is 0. The van der Waals surface area contributed by atoms with E-state index >= 15 is 0 Å². The van der Waals surface area contributed by atoms with Gasteiger partial charge in [0.25, 0.3) is 0 Å². The van der Waals surface area contributed by atoms with Crippen LogP contribution in [0.1, 0.15) is 52.9 Å². The Balaban J connectivity index is 1.74. The predicted molar refractivity (Wildman–Crippen MR) is 98.1 cm³/mol. The maximum Gasteiger partial charge on any atom is 0.234 e. The van der Waals surface area contributed by atoms with Gasteiger partial charge in [-0.25, -0.2) is 0 Å². The molecule has 24 heavy (non-hydrogen) atoms. The lowest BCUT2D eigenvalue weighted by atomic mass is 9.86. The minimum Gasteiger partial charge on any atom is -0.380 e. The average Bonchev–Trinajstić information content (AvgIpc) is 2.58. The second-order valence-corrected chi connectivity index (χ2v) is 7.47. The third-order valence-electron chi connectivity index (χ3n) is 5.71. The molecule has 0 bridgehead atoms. The molecule has 2 fully saturated rings. The van der Waals surface area contributed by atoms with Gasteiger partial charge in [-0.3, -0.25) is 14.6 Å². The van der Waals surface area contributed by atoms with Gasteiger partial charge in [-0.15, -0.1) is 0 Å². The number of amides is 1. The molecule has 1 amide bonds. The Kier molecular flexibility index (Phi) is 8.50. The maximum absolute atomic E-state index is 12.4. The fourth-order valence-corrected chi connectivity index (χ4v) is 4.09. The molecular weight excluding hydrogens is 302 g/mol. The van der Waals surface area contributed by atoms with Crippen molar-refractivity contribution in [3.8, 4) is 0 Å². The molecule has 3 atom stereocenters. The lowest BCUT2D eigenvalue weighted by molar-refractivity contribution is -0.124. The van der Waals surface area contributed by atoms with Crippen LogP contribution >= 0.6 is 0 Å². The van der Waals surface area contributed by atoms with E-state index in [1.807, 2.05) is 6.92 Å². The Labute approximate surface area is 148 Å². The van der Waals surface area contributed by atoms with Gasteiger partial charge in [0.2, 0.25) is 5.91 Å². The number of hydrogen-bond donors (Lipinski definition) is 1. The molecule has 5 nitrogen and oxygen atoms in total. The summed E-state index contributed by atoms with van der Waals surface area (Å²) in [6.07, 6.45) is 6.10. The van der Waals surface area contributed by atoms with Gasteiger partial charge < -0.3 is 10.1 Å². The zero-order valence-electron chi connectivity index (χ0n) is 15.9. The number of piperazine rings is 1. The summed E-state index contributed by atoms with van der Waals surface area (Å²) in [7, 11) is 0. The standard InChI is InChI=1S/C19H37N3O2/c1-4-17-14-21(10-11-22(17)12-13-24-5-2)15-19(23)20-18-9-7-6-8-16(18)3/h16-18H,4-15H2,1-3H3,(H,20,23)/t16-,17-,18-/m1/s1. The van der Waals surface area contributed by atoms with Crippen LogP contribution in [0.3, 0.4) is 0 Å². The first-order valence-electron chi connectivity index (χ1n) is 9.97. The molecule has 0 aromatic heterocycles. The van der Waals surface area contributed by atoms with E-state index in [9.17, 15) is 4.79 Å². The molecule has 0 aromatic carbocycles. The lowest BCUT2D eigenvalue weighted by Gasteiger charge is -2.41. The Hall–Kier alpha value is -0.650. The highest BCUT2D eigenvalue weighted by Crippen LogP contribution is 2.23. The van der Waals surface area contributed by atoms with Gasteiger partial charge in [0.1, 0.15) is 0 Å². The molecule has 1 heterocycles. The first-order valence-corrected chi connectivity index (χ1v) is 9.97. The highest BCUT2D eigenvalue weighted by Gasteiger charge is 2.28. The van der Waals surface area contributed by atoms with Gasteiger partial charge in [0, 0.05) is 44.9 Å². The highest BCUT2D eigenvalue weighted by atomic mass is 16.5. The fourth-order valence-electron chi connectivity index (χ4n) is 4.09. The van der Waals surface area contributed by atoms with Crippen LogP contribution in [0.2, 0.25) is 0 Å². The second-order valence-electron chi connectivity index (χ2n) is 7.47. The Morgan fingerprint density at radius 1 is 1.21 bits per heavy atom. The number of rotatable bonds is 8. The number of nitrogens with zero attached hydrogens (tertiary/aromatic N) is 2. The van der Waals surface area contributed by atoms with Crippen LogP contribution in [-0.2, 0) is 9.53 Å². The topological polar surface area (TPSA) is 44.8 Å². The van der Waals surface area contributed by atoms with Crippen molar-refractivity contribution in [2.24, 2.45) is 5.92 Å². The quantitative estimate of drug-likeness (QED) is 0.688. The molecule has 0 spiro atoms. The molecule has 140 valence electrons. The van der Waals surface area contributed by atoms with Gasteiger partial charge in [-0.2, -0.15) is 0 Å². The summed E-state index contributed by atoms with van der Waals surface area (Å²) in [5.74, 6) is 0.841. The minimum absolute atomic E-state index is 0.214. The van der Waals surface area contributed by atoms with Crippen LogP contribution in [0.5, 0.6) is 0 Å². The average molecular weight is 340 g/mol. The molecule has 1 aliphatic heterocycles. The first kappa shape index (κ1) is 19.7. The summed E-state index contributed by atoms with van der Waals surface area (Å²) in [5, 5.41) is 3.29. The molecule has 2 aliphatic rings. The zero-order chi connectivity index (χ0) is 17.4. The van der Waals surface area contributed by atoms with Gasteiger partial charge in [0.05, 0.1) is 13.2 Å². The van der Waals surface area contributed by atoms with Crippen LogP contribution in [0.25, 0.3) is 0 Å². The molecular formula is C19H37N3O2. The minimum atomic E-state index is 0.214. The van der Waals surface area contributed by atoms with Crippen molar-refractivity contribution in [1.29, 1.82) is 0 Å². The lowest BCUT2D eigenvalue weighted by Crippen LogP contribution is -2.56. The molecule has 1 saturated carbocycles. The van der Waals surface area contributed by atoms with Gasteiger partial charge in [-0.1, -0.05) is 26.7 Å². The number of nitrogens with one attached hydrogen (secondary N) is 1. The maximum atomic E-state index is 12.4. The Morgan fingerprint density at radius 3 is 2.71 bits per heavy atom. The number of ether oxygens (including phenoxy) is 1. The van der Waals surface area contributed by atoms with E-state index in [0.717, 1.165) is 52.2 Å². The van der Waals surface area contributed by atoms with Crippen molar-refractivity contribution in [3.63, 3.8) is 0 Å². The molecule has 5 heteroatoms. The van der Waals surface area contributed by atoms with E-state index in [2.05, 4.69) is 29.0 Å². The van der Waals surface area contributed by atoms with Crippen molar-refractivity contribution in [3.05, 3.63) is 0 Å². The number of hydrogen-bond acceptors (Lipinski definition) is 4. The van der Waals surface area contributed by atoms with E-state index in [0.29, 0.717) is 24.5 Å². The summed E-state index contributed by atoms with van der Waals surface area (Å²) >= 11 is 0. The summed E-state index contributed by atoms with van der Waals surface area (Å²) in [6.45, 7) is 12.7. The molecule has 2 rings (SSSR count). The van der Waals surface area contributed by atoms with E-state index in [1.54, 1.807) is 0 Å². The van der Waals surface area contributed by atoms with Gasteiger partial charge in [-0.05, 0) is 32.1 Å². The normalized spacial score (nSPS) is 29.5. The summed E-state index contributed by atoms with van der Waals surface area (Å²) < 4.78 is 5.50. The Bertz CT molecular complexity index is 378. The summed E-state index contributed by atoms with van der Waals surface area (Å²) in [4.78, 5) is 17.3. The second kappa shape index (κ2) is 10.4. The molecule has 0 unspecified atom stereocenters. The van der Waals surface area contributed by atoms with Crippen molar-refractivity contribution in [2.75, 3.05) is 45.9 Å². The van der Waals surface area contributed by atoms with Crippen molar-refractivity contribution in [2.45, 2.75) is 65.0 Å². The van der Waals surface area contributed by atoms with Crippen LogP contribution in [-0.4, -0.2) is 73.7 Å². The number of carbonyl (C=O) groups excluding carboxylic acids is 1. The molecule has 1 saturated heterocycles. The zero-order valence-corrected chi connectivity index (χ0v) is 15.9. The van der Waals surface area contributed by atoms with E-state index < -0.39 is 0 Å². The van der Waals surface area contributed by atoms with Crippen LogP contribution < -0.4 is 5.32 Å². The van der Waals surface area contributed by atoms with E-state index in [-0.39, 0.29) is 5.91 Å². The van der Waals surface area contributed by atoms with Crippen molar-refractivity contribution < 1.29 is 9.53 Å². The van der Waals surface area contributed by atoms with Gasteiger partial charge in [0.15, 0.2) is 0 Å². The molecule has 0 aromatic rings. The first-order chi connectivity index (χ1) is 11.6. The number of carbonyl (C=O) groups is 1. The van der Waals surface area contributed by atoms with Crippen LogP contribution in [0.4, 0.5) is 0 Å². The SMILES string of the molecule is CCOCCN1CCN(CC(=O)N[C@@H]2CCCC[C@H]2C)C[C@H]1CC. The van der Waals surface area contributed by atoms with Crippen LogP contribution in [0, 0.1) is 5.92 Å². The fraction of sp³-hybridized carbons (Fsp3) is 0.947. The monoisotopic (exact) mass is 339 g/mol. The molecule has 1 N–H and O–H groups in total. The third kappa shape index (κ3) is 6.01. The van der Waals surface area contributed by atoms with Gasteiger partial charge >= 0.3 is 0 Å². The Morgan fingerprint density at radius 2 is 2.00 bits per heavy atom. The van der Waals surface area contributed by atoms with Crippen LogP contribution in [0.15, 0.2) is 0 Å². The summed E-state index contributed by atoms with van der Waals surface area (Å²) in [6, 6.07) is 0.932. The molecule has 1 aliphatic carbocycles. The highest BCUT2D eigenvalue weighted by molar-refractivity contribution is 5.78. The third-order valence-corrected chi connectivity index (χ3v) is 5.71. The van der Waals surface area contributed by atoms with E-state index in [1.165, 1.54) is 19.3 Å². The van der Waals surface area contributed by atoms with E-state index in [4.69, 9.17) is 4.74 Å². The molecule has 0 radical (unpaired) electrons. The van der Waals surface area contributed by atoms with Crippen molar-refractivity contribution in [1.82, 2.24) is 15.1 Å². The largest absolute Gasteiger partial charge is 0.380 e. The van der Waals surface area contributed by atoms with Crippen molar-refractivity contribution >= 4 is 5.91 Å². The smallest absolute Gasteiger partial charge is 0.234 e. The predicted octanol–water partition coefficient (Wildman–Crippen LogP) is 2.11.